The highest BCUT2D eigenvalue weighted by atomic mass is 32.2. The zero-order chi connectivity index (χ0) is 13.6. The number of nitrogens with zero attached hydrogens (tertiary/aromatic N) is 1. The average Bonchev–Trinajstić information content (AvgIpc) is 2.33. The van der Waals surface area contributed by atoms with Crippen molar-refractivity contribution in [3.8, 4) is 0 Å². The highest BCUT2D eigenvalue weighted by Gasteiger charge is 2.16. The Bertz CT molecular complexity index is 362. The Morgan fingerprint density at radius 1 is 1.44 bits per heavy atom. The molecule has 6 heteroatoms. The molecule has 0 bridgehead atoms. The van der Waals surface area contributed by atoms with Crippen LogP contribution in [0.2, 0.25) is 0 Å². The van der Waals surface area contributed by atoms with Gasteiger partial charge in [-0.05, 0) is 38.3 Å². The smallest absolute Gasteiger partial charge is 0.222 e. The van der Waals surface area contributed by atoms with Crippen molar-refractivity contribution in [2.75, 3.05) is 38.7 Å². The maximum atomic E-state index is 11.8. The number of nitrogens with one attached hydrogen (secondary N) is 1. The van der Waals surface area contributed by atoms with Crippen molar-refractivity contribution >= 4 is 15.7 Å². The molecule has 0 saturated carbocycles. The van der Waals surface area contributed by atoms with Crippen LogP contribution in [0.1, 0.15) is 25.7 Å². The minimum absolute atomic E-state index is 0.0419. The summed E-state index contributed by atoms with van der Waals surface area (Å²) in [6.45, 7) is 2.37. The molecule has 0 aromatic heterocycles. The van der Waals surface area contributed by atoms with Crippen LogP contribution in [0.4, 0.5) is 0 Å². The van der Waals surface area contributed by atoms with Crippen molar-refractivity contribution < 1.29 is 13.2 Å². The second-order valence-corrected chi connectivity index (χ2v) is 7.46. The number of sulfone groups is 1. The Morgan fingerprint density at radius 2 is 2.17 bits per heavy atom. The lowest BCUT2D eigenvalue weighted by atomic mass is 9.94. The molecule has 106 valence electrons. The summed E-state index contributed by atoms with van der Waals surface area (Å²) in [5.41, 5.74) is 0. The molecule has 1 atom stereocenters. The molecule has 0 spiro atoms. The Kier molecular flexibility index (Phi) is 6.08. The minimum Gasteiger partial charge on any atom is -0.345 e. The standard InChI is InChI=1S/C12H24N2O3S/c1-14(8-9-18(2,16)17)12(15)6-5-11-4-3-7-13-10-11/h11,13H,3-10H2,1-2H3. The molecule has 18 heavy (non-hydrogen) atoms. The quantitative estimate of drug-likeness (QED) is 0.756. The van der Waals surface area contributed by atoms with E-state index in [2.05, 4.69) is 5.32 Å². The molecule has 1 aliphatic heterocycles. The SMILES string of the molecule is CN(CCS(C)(=O)=O)C(=O)CCC1CCCNC1. The topological polar surface area (TPSA) is 66.5 Å². The molecule has 5 nitrogen and oxygen atoms in total. The summed E-state index contributed by atoms with van der Waals surface area (Å²) in [4.78, 5) is 13.3. The summed E-state index contributed by atoms with van der Waals surface area (Å²) in [5, 5.41) is 3.33. The second-order valence-electron chi connectivity index (χ2n) is 5.20. The fourth-order valence-electron chi connectivity index (χ4n) is 2.12. The number of piperidine rings is 1. The van der Waals surface area contributed by atoms with Gasteiger partial charge in [0.1, 0.15) is 9.84 Å². The molecular weight excluding hydrogens is 252 g/mol. The van der Waals surface area contributed by atoms with Crippen LogP contribution < -0.4 is 5.32 Å². The van der Waals surface area contributed by atoms with Gasteiger partial charge in [-0.2, -0.15) is 0 Å². The summed E-state index contributed by atoms with van der Waals surface area (Å²) in [6, 6.07) is 0. The van der Waals surface area contributed by atoms with Gasteiger partial charge in [0.15, 0.2) is 0 Å². The summed E-state index contributed by atoms with van der Waals surface area (Å²) in [7, 11) is -1.32. The Morgan fingerprint density at radius 3 is 2.72 bits per heavy atom. The first-order valence-corrected chi connectivity index (χ1v) is 8.57. The predicted octanol–water partition coefficient (Wildman–Crippen LogP) is 0.269. The molecule has 0 aromatic carbocycles. The zero-order valence-electron chi connectivity index (χ0n) is 11.3. The maximum absolute atomic E-state index is 11.8. The molecule has 0 aromatic rings. The zero-order valence-corrected chi connectivity index (χ0v) is 12.1. The predicted molar refractivity (Wildman–Crippen MR) is 72.2 cm³/mol. The molecule has 1 heterocycles. The molecular formula is C12H24N2O3S. The normalized spacial score (nSPS) is 20.7. The van der Waals surface area contributed by atoms with Gasteiger partial charge in [-0.1, -0.05) is 0 Å². The van der Waals surface area contributed by atoms with Gasteiger partial charge in [0.05, 0.1) is 5.75 Å². The lowest BCUT2D eigenvalue weighted by Gasteiger charge is -2.23. The van der Waals surface area contributed by atoms with Crippen LogP contribution in [-0.4, -0.2) is 57.9 Å². The molecule has 1 unspecified atom stereocenters. The summed E-state index contributed by atoms with van der Waals surface area (Å²) < 4.78 is 22.0. The molecule has 0 aliphatic carbocycles. The molecule has 0 radical (unpaired) electrons. The molecule has 1 N–H and O–H groups in total. The van der Waals surface area contributed by atoms with Crippen LogP contribution in [-0.2, 0) is 14.6 Å². The van der Waals surface area contributed by atoms with Gasteiger partial charge in [0, 0.05) is 26.3 Å². The number of carbonyl (C=O) groups is 1. The largest absolute Gasteiger partial charge is 0.345 e. The van der Waals surface area contributed by atoms with Crippen molar-refractivity contribution in [1.82, 2.24) is 10.2 Å². The first-order chi connectivity index (χ1) is 8.38. The third-order valence-corrected chi connectivity index (χ3v) is 4.31. The van der Waals surface area contributed by atoms with E-state index >= 15 is 0 Å². The number of amides is 1. The van der Waals surface area contributed by atoms with E-state index in [1.807, 2.05) is 0 Å². The Hall–Kier alpha value is -0.620. The fourth-order valence-corrected chi connectivity index (χ4v) is 2.72. The highest BCUT2D eigenvalue weighted by molar-refractivity contribution is 7.90. The summed E-state index contributed by atoms with van der Waals surface area (Å²) in [5.74, 6) is 0.676. The Balaban J connectivity index is 2.22. The second kappa shape index (κ2) is 7.09. The van der Waals surface area contributed by atoms with Crippen LogP contribution >= 0.6 is 0 Å². The molecule has 1 amide bonds. The summed E-state index contributed by atoms with van der Waals surface area (Å²) >= 11 is 0. The first kappa shape index (κ1) is 15.4. The number of hydrogen-bond acceptors (Lipinski definition) is 4. The van der Waals surface area contributed by atoms with E-state index in [4.69, 9.17) is 0 Å². The molecule has 1 fully saturated rings. The van der Waals surface area contributed by atoms with Gasteiger partial charge < -0.3 is 10.2 Å². The van der Waals surface area contributed by atoms with E-state index in [9.17, 15) is 13.2 Å². The van der Waals surface area contributed by atoms with Crippen molar-refractivity contribution in [1.29, 1.82) is 0 Å². The highest BCUT2D eigenvalue weighted by Crippen LogP contribution is 2.16. The van der Waals surface area contributed by atoms with Crippen LogP contribution in [0.3, 0.4) is 0 Å². The summed E-state index contributed by atoms with van der Waals surface area (Å²) in [6.07, 6.45) is 4.98. The first-order valence-electron chi connectivity index (χ1n) is 6.51. The van der Waals surface area contributed by atoms with Crippen molar-refractivity contribution in [3.63, 3.8) is 0 Å². The number of hydrogen-bond donors (Lipinski definition) is 1. The lowest BCUT2D eigenvalue weighted by Crippen LogP contribution is -2.33. The van der Waals surface area contributed by atoms with Crippen molar-refractivity contribution in [2.45, 2.75) is 25.7 Å². The van der Waals surface area contributed by atoms with E-state index < -0.39 is 9.84 Å². The fraction of sp³-hybridized carbons (Fsp3) is 0.917. The van der Waals surface area contributed by atoms with Gasteiger partial charge in [0.25, 0.3) is 0 Å². The van der Waals surface area contributed by atoms with Gasteiger partial charge in [-0.25, -0.2) is 8.42 Å². The van der Waals surface area contributed by atoms with Gasteiger partial charge >= 0.3 is 0 Å². The minimum atomic E-state index is -2.99. The third-order valence-electron chi connectivity index (χ3n) is 3.39. The van der Waals surface area contributed by atoms with Crippen LogP contribution in [0, 0.1) is 5.92 Å². The van der Waals surface area contributed by atoms with Crippen LogP contribution in [0.15, 0.2) is 0 Å². The van der Waals surface area contributed by atoms with E-state index in [0.29, 0.717) is 18.9 Å². The van der Waals surface area contributed by atoms with Crippen molar-refractivity contribution in [3.05, 3.63) is 0 Å². The van der Waals surface area contributed by atoms with Gasteiger partial charge in [-0.3, -0.25) is 4.79 Å². The van der Waals surface area contributed by atoms with Gasteiger partial charge in [-0.15, -0.1) is 0 Å². The van der Waals surface area contributed by atoms with Gasteiger partial charge in [0.2, 0.25) is 5.91 Å². The van der Waals surface area contributed by atoms with E-state index in [1.165, 1.54) is 24.0 Å². The van der Waals surface area contributed by atoms with E-state index in [-0.39, 0.29) is 11.7 Å². The molecule has 1 saturated heterocycles. The van der Waals surface area contributed by atoms with E-state index in [1.54, 1.807) is 7.05 Å². The number of rotatable bonds is 6. The number of carbonyl (C=O) groups excluding carboxylic acids is 1. The average molecular weight is 276 g/mol. The van der Waals surface area contributed by atoms with Crippen molar-refractivity contribution in [2.24, 2.45) is 5.92 Å². The lowest BCUT2D eigenvalue weighted by molar-refractivity contribution is -0.130. The van der Waals surface area contributed by atoms with E-state index in [0.717, 1.165) is 19.5 Å². The molecule has 1 rings (SSSR count). The van der Waals surface area contributed by atoms with Crippen LogP contribution in [0.25, 0.3) is 0 Å². The van der Waals surface area contributed by atoms with Crippen LogP contribution in [0.5, 0.6) is 0 Å². The Labute approximate surface area is 110 Å². The third kappa shape index (κ3) is 6.35. The maximum Gasteiger partial charge on any atom is 0.222 e. The monoisotopic (exact) mass is 276 g/mol. The molecule has 1 aliphatic rings.